The molecule has 1 unspecified atom stereocenters. The molecule has 0 spiro atoms. The molecule has 0 radical (unpaired) electrons. The van der Waals surface area contributed by atoms with Crippen LogP contribution in [0, 0.1) is 17.2 Å². The predicted octanol–water partition coefficient (Wildman–Crippen LogP) is 1.63. The van der Waals surface area contributed by atoms with Crippen LogP contribution < -0.4 is 0 Å². The lowest BCUT2D eigenvalue weighted by Gasteiger charge is -1.93. The van der Waals surface area contributed by atoms with Gasteiger partial charge in [0.15, 0.2) is 0 Å². The molecule has 0 aromatic carbocycles. The van der Waals surface area contributed by atoms with Gasteiger partial charge in [0.05, 0.1) is 6.07 Å². The Balaban J connectivity index is 3.60. The van der Waals surface area contributed by atoms with Gasteiger partial charge in [0.1, 0.15) is 6.04 Å². The SMILES string of the molecule is CC(C)C=NC(C)C#N. The fourth-order valence-corrected chi connectivity index (χ4v) is 0.335. The van der Waals surface area contributed by atoms with Crippen LogP contribution in [0.4, 0.5) is 0 Å². The van der Waals surface area contributed by atoms with Gasteiger partial charge < -0.3 is 0 Å². The zero-order valence-corrected chi connectivity index (χ0v) is 6.13. The highest BCUT2D eigenvalue weighted by atomic mass is 14.7. The van der Waals surface area contributed by atoms with E-state index in [0.717, 1.165) is 0 Å². The van der Waals surface area contributed by atoms with Gasteiger partial charge in [0.2, 0.25) is 0 Å². The molecule has 0 saturated carbocycles. The minimum atomic E-state index is -0.188. The number of nitriles is 1. The third kappa shape index (κ3) is 5.02. The maximum atomic E-state index is 8.28. The molecule has 0 aliphatic heterocycles. The van der Waals surface area contributed by atoms with Crippen molar-refractivity contribution in [2.45, 2.75) is 26.8 Å². The van der Waals surface area contributed by atoms with Crippen molar-refractivity contribution in [3.05, 3.63) is 0 Å². The predicted molar refractivity (Wildman–Crippen MR) is 38.4 cm³/mol. The Morgan fingerprint density at radius 1 is 1.44 bits per heavy atom. The van der Waals surface area contributed by atoms with Crippen molar-refractivity contribution >= 4 is 6.21 Å². The average Bonchev–Trinajstić information content (AvgIpc) is 1.83. The van der Waals surface area contributed by atoms with Crippen LogP contribution >= 0.6 is 0 Å². The average molecular weight is 124 g/mol. The molecule has 0 amide bonds. The molecule has 1 atom stereocenters. The second-order valence-corrected chi connectivity index (χ2v) is 2.35. The molecule has 0 aliphatic rings. The van der Waals surface area contributed by atoms with Crippen molar-refractivity contribution < 1.29 is 0 Å². The van der Waals surface area contributed by atoms with Crippen LogP contribution in [0.1, 0.15) is 20.8 Å². The van der Waals surface area contributed by atoms with Gasteiger partial charge in [-0.05, 0) is 12.8 Å². The smallest absolute Gasteiger partial charge is 0.133 e. The highest BCUT2D eigenvalue weighted by molar-refractivity contribution is 5.60. The molecule has 0 aliphatic carbocycles. The first kappa shape index (κ1) is 8.16. The van der Waals surface area contributed by atoms with E-state index in [2.05, 4.69) is 4.99 Å². The van der Waals surface area contributed by atoms with Crippen molar-refractivity contribution in [3.63, 3.8) is 0 Å². The molecule has 0 heterocycles. The van der Waals surface area contributed by atoms with Crippen molar-refractivity contribution in [3.8, 4) is 6.07 Å². The van der Waals surface area contributed by atoms with Gasteiger partial charge in [-0.2, -0.15) is 5.26 Å². The van der Waals surface area contributed by atoms with Crippen molar-refractivity contribution in [1.82, 2.24) is 0 Å². The summed E-state index contributed by atoms with van der Waals surface area (Å²) in [6, 6.07) is 1.83. The Bertz CT molecular complexity index is 130. The van der Waals surface area contributed by atoms with Crippen molar-refractivity contribution in [2.24, 2.45) is 10.9 Å². The number of hydrogen-bond donors (Lipinski definition) is 0. The van der Waals surface area contributed by atoms with Gasteiger partial charge >= 0.3 is 0 Å². The molecule has 0 aromatic heterocycles. The summed E-state index contributed by atoms with van der Waals surface area (Å²) < 4.78 is 0. The normalized spacial score (nSPS) is 14.1. The second kappa shape index (κ2) is 4.08. The minimum Gasteiger partial charge on any atom is -0.279 e. The first-order valence-corrected chi connectivity index (χ1v) is 3.09. The van der Waals surface area contributed by atoms with E-state index >= 15 is 0 Å². The quantitative estimate of drug-likeness (QED) is 0.515. The zero-order valence-electron chi connectivity index (χ0n) is 6.13. The number of nitrogens with zero attached hydrogens (tertiary/aromatic N) is 2. The van der Waals surface area contributed by atoms with E-state index in [1.807, 2.05) is 19.9 Å². The highest BCUT2D eigenvalue weighted by Gasteiger charge is 1.91. The van der Waals surface area contributed by atoms with Crippen LogP contribution in [0.3, 0.4) is 0 Å². The highest BCUT2D eigenvalue weighted by Crippen LogP contribution is 1.89. The second-order valence-electron chi connectivity index (χ2n) is 2.35. The summed E-state index contributed by atoms with van der Waals surface area (Å²) in [4.78, 5) is 3.96. The van der Waals surface area contributed by atoms with Crippen LogP contribution in [0.15, 0.2) is 4.99 Å². The lowest BCUT2D eigenvalue weighted by Crippen LogP contribution is -1.95. The molecule has 0 bridgehead atoms. The van der Waals surface area contributed by atoms with Gasteiger partial charge in [-0.3, -0.25) is 4.99 Å². The molecule has 0 N–H and O–H groups in total. The molecule has 0 aromatic rings. The molecule has 2 nitrogen and oxygen atoms in total. The molecule has 9 heavy (non-hydrogen) atoms. The van der Waals surface area contributed by atoms with E-state index in [9.17, 15) is 0 Å². The van der Waals surface area contributed by atoms with Crippen LogP contribution in [-0.2, 0) is 0 Å². The zero-order chi connectivity index (χ0) is 7.28. The molecular formula is C7H12N2. The Morgan fingerprint density at radius 3 is 2.33 bits per heavy atom. The Morgan fingerprint density at radius 2 is 2.00 bits per heavy atom. The van der Waals surface area contributed by atoms with E-state index in [-0.39, 0.29) is 6.04 Å². The lowest BCUT2D eigenvalue weighted by molar-refractivity contribution is 0.869. The van der Waals surface area contributed by atoms with Crippen molar-refractivity contribution in [2.75, 3.05) is 0 Å². The monoisotopic (exact) mass is 124 g/mol. The summed E-state index contributed by atoms with van der Waals surface area (Å²) >= 11 is 0. The van der Waals surface area contributed by atoms with Gasteiger partial charge in [-0.1, -0.05) is 13.8 Å². The van der Waals surface area contributed by atoms with E-state index in [0.29, 0.717) is 5.92 Å². The Labute approximate surface area is 56.2 Å². The first-order valence-electron chi connectivity index (χ1n) is 3.09. The maximum Gasteiger partial charge on any atom is 0.133 e. The topological polar surface area (TPSA) is 36.1 Å². The fraction of sp³-hybridized carbons (Fsp3) is 0.714. The molecule has 0 rings (SSSR count). The van der Waals surface area contributed by atoms with E-state index in [1.165, 1.54) is 0 Å². The minimum absolute atomic E-state index is 0.188. The van der Waals surface area contributed by atoms with Crippen molar-refractivity contribution in [1.29, 1.82) is 5.26 Å². The van der Waals surface area contributed by atoms with Gasteiger partial charge in [0, 0.05) is 6.21 Å². The number of rotatable bonds is 2. The third-order valence-electron chi connectivity index (χ3n) is 0.795. The summed E-state index contributed by atoms with van der Waals surface area (Å²) in [6.07, 6.45) is 1.80. The summed E-state index contributed by atoms with van der Waals surface area (Å²) in [5.74, 6) is 0.445. The molecule has 0 saturated heterocycles. The summed E-state index contributed by atoms with van der Waals surface area (Å²) in [5.41, 5.74) is 0. The van der Waals surface area contributed by atoms with Crippen LogP contribution in [0.25, 0.3) is 0 Å². The molecular weight excluding hydrogens is 112 g/mol. The van der Waals surface area contributed by atoms with Gasteiger partial charge in [0.25, 0.3) is 0 Å². The summed E-state index contributed by atoms with van der Waals surface area (Å²) in [5, 5.41) is 8.28. The Kier molecular flexibility index (Phi) is 3.70. The van der Waals surface area contributed by atoms with Crippen LogP contribution in [0.5, 0.6) is 0 Å². The molecule has 0 fully saturated rings. The fourth-order valence-electron chi connectivity index (χ4n) is 0.335. The largest absolute Gasteiger partial charge is 0.279 e. The third-order valence-corrected chi connectivity index (χ3v) is 0.795. The van der Waals surface area contributed by atoms with Gasteiger partial charge in [-0.15, -0.1) is 0 Å². The van der Waals surface area contributed by atoms with E-state index < -0.39 is 0 Å². The summed E-state index contributed by atoms with van der Waals surface area (Å²) in [7, 11) is 0. The number of aliphatic imine (C=N–C) groups is 1. The lowest BCUT2D eigenvalue weighted by atomic mass is 10.2. The van der Waals surface area contributed by atoms with Gasteiger partial charge in [-0.25, -0.2) is 0 Å². The summed E-state index contributed by atoms with van der Waals surface area (Å²) in [6.45, 7) is 5.85. The van der Waals surface area contributed by atoms with E-state index in [1.54, 1.807) is 13.1 Å². The maximum absolute atomic E-state index is 8.28. The molecule has 50 valence electrons. The Hall–Kier alpha value is -0.840. The first-order chi connectivity index (χ1) is 4.16. The number of hydrogen-bond acceptors (Lipinski definition) is 2. The van der Waals surface area contributed by atoms with E-state index in [4.69, 9.17) is 5.26 Å². The standard InChI is InChI=1S/C7H12N2/c1-6(2)5-9-7(3)4-8/h5-7H,1-3H3. The van der Waals surface area contributed by atoms with Crippen LogP contribution in [0.2, 0.25) is 0 Å². The van der Waals surface area contributed by atoms with Crippen LogP contribution in [-0.4, -0.2) is 12.3 Å². The molecule has 2 heteroatoms.